The highest BCUT2D eigenvalue weighted by molar-refractivity contribution is 7.99. The third-order valence-electron chi connectivity index (χ3n) is 6.96. The second-order valence-corrected chi connectivity index (χ2v) is 9.89. The Morgan fingerprint density at radius 2 is 1.83 bits per heavy atom. The molecular formula is C23H30N4OS. The van der Waals surface area contributed by atoms with Gasteiger partial charge in [-0.2, -0.15) is 0 Å². The first kappa shape index (κ1) is 19.2. The van der Waals surface area contributed by atoms with Gasteiger partial charge in [0.1, 0.15) is 22.2 Å². The van der Waals surface area contributed by atoms with Crippen molar-refractivity contribution in [1.82, 2.24) is 9.97 Å². The lowest BCUT2D eigenvalue weighted by Crippen LogP contribution is -2.56. The van der Waals surface area contributed by atoms with Crippen LogP contribution in [0.15, 0.2) is 41.7 Å². The molecule has 1 spiro atoms. The number of nitrogens with zero attached hydrogens (tertiary/aromatic N) is 3. The van der Waals surface area contributed by atoms with Gasteiger partial charge in [-0.15, -0.1) is 11.8 Å². The van der Waals surface area contributed by atoms with Gasteiger partial charge in [0.2, 0.25) is 0 Å². The molecule has 0 amide bonds. The summed E-state index contributed by atoms with van der Waals surface area (Å²) in [6.45, 7) is 0. The van der Waals surface area contributed by atoms with E-state index in [0.29, 0.717) is 12.1 Å². The third kappa shape index (κ3) is 3.21. The number of piperidine rings is 1. The SMILES string of the molecule is C.N[C@@H]1c2ccccc2OC12C[C@H]1CC[C@@H](C2)N1c1cnc(SCC2CC2)cn1. The summed E-state index contributed by atoms with van der Waals surface area (Å²) in [6.07, 6.45) is 11.0. The zero-order chi connectivity index (χ0) is 18.7. The molecule has 2 bridgehead atoms. The molecule has 1 aromatic carbocycles. The number of hydrogen-bond acceptors (Lipinski definition) is 6. The molecule has 6 heteroatoms. The zero-order valence-electron chi connectivity index (χ0n) is 16.0. The Morgan fingerprint density at radius 1 is 1.07 bits per heavy atom. The van der Waals surface area contributed by atoms with Crippen LogP contribution in [-0.2, 0) is 0 Å². The number of rotatable bonds is 4. The molecule has 2 N–H and O–H groups in total. The lowest BCUT2D eigenvalue weighted by atomic mass is 9.79. The van der Waals surface area contributed by atoms with Gasteiger partial charge >= 0.3 is 0 Å². The van der Waals surface area contributed by atoms with Crippen molar-refractivity contribution in [3.05, 3.63) is 42.2 Å². The van der Waals surface area contributed by atoms with E-state index >= 15 is 0 Å². The highest BCUT2D eigenvalue weighted by Crippen LogP contribution is 2.53. The topological polar surface area (TPSA) is 64.3 Å². The molecule has 4 heterocycles. The van der Waals surface area contributed by atoms with E-state index in [1.54, 1.807) is 0 Å². The number of thioether (sulfide) groups is 1. The predicted molar refractivity (Wildman–Crippen MR) is 117 cm³/mol. The van der Waals surface area contributed by atoms with Crippen LogP contribution in [0, 0.1) is 5.92 Å². The zero-order valence-corrected chi connectivity index (χ0v) is 16.8. The Labute approximate surface area is 177 Å². The van der Waals surface area contributed by atoms with Gasteiger partial charge < -0.3 is 15.4 Å². The summed E-state index contributed by atoms with van der Waals surface area (Å²) < 4.78 is 6.50. The number of benzene rings is 1. The van der Waals surface area contributed by atoms with Crippen LogP contribution >= 0.6 is 11.8 Å². The number of anilines is 1. The maximum Gasteiger partial charge on any atom is 0.147 e. The number of ether oxygens (including phenoxy) is 1. The standard InChI is InChI=1S/C22H26N4OS.CH4/c23-21-17-3-1-2-4-18(17)27-22(21)9-15-7-8-16(10-22)26(15)19-11-25-20(12-24-19)28-13-14-5-6-14;/h1-4,11-12,14-16,21H,5-10,13,23H2;1H4/t15-,16+,21-,22?;/m1./s1. The smallest absolute Gasteiger partial charge is 0.147 e. The average molecular weight is 411 g/mol. The molecule has 2 aromatic rings. The monoisotopic (exact) mass is 410 g/mol. The van der Waals surface area contributed by atoms with Crippen molar-refractivity contribution >= 4 is 17.6 Å². The molecule has 3 fully saturated rings. The first-order valence-electron chi connectivity index (χ1n) is 10.5. The molecule has 2 saturated heterocycles. The van der Waals surface area contributed by atoms with E-state index in [1.807, 2.05) is 30.2 Å². The minimum absolute atomic E-state index is 0. The van der Waals surface area contributed by atoms with E-state index in [1.165, 1.54) is 31.4 Å². The Hall–Kier alpha value is -1.79. The fourth-order valence-electron chi connectivity index (χ4n) is 5.36. The molecule has 5 nitrogen and oxygen atoms in total. The Morgan fingerprint density at radius 3 is 2.48 bits per heavy atom. The van der Waals surface area contributed by atoms with Gasteiger partial charge in [-0.3, -0.25) is 0 Å². The number of fused-ring (bicyclic) bond motifs is 3. The highest BCUT2D eigenvalue weighted by atomic mass is 32.2. The molecule has 1 saturated carbocycles. The summed E-state index contributed by atoms with van der Waals surface area (Å²) in [4.78, 5) is 12.0. The summed E-state index contributed by atoms with van der Waals surface area (Å²) in [7, 11) is 0. The van der Waals surface area contributed by atoms with Crippen LogP contribution in [0.2, 0.25) is 0 Å². The van der Waals surface area contributed by atoms with Crippen LogP contribution < -0.4 is 15.4 Å². The lowest BCUT2D eigenvalue weighted by Gasteiger charge is -2.46. The van der Waals surface area contributed by atoms with Gasteiger partial charge in [-0.25, -0.2) is 9.97 Å². The summed E-state index contributed by atoms with van der Waals surface area (Å²) >= 11 is 1.84. The molecule has 154 valence electrons. The van der Waals surface area contributed by atoms with E-state index in [0.717, 1.165) is 40.9 Å². The minimum atomic E-state index is -0.264. The molecule has 1 aromatic heterocycles. The van der Waals surface area contributed by atoms with Crippen molar-refractivity contribution in [3.63, 3.8) is 0 Å². The highest BCUT2D eigenvalue weighted by Gasteiger charge is 2.56. The fraction of sp³-hybridized carbons (Fsp3) is 0.565. The summed E-state index contributed by atoms with van der Waals surface area (Å²) in [5.74, 6) is 4.07. The van der Waals surface area contributed by atoms with Crippen molar-refractivity contribution in [2.45, 2.75) is 74.7 Å². The predicted octanol–water partition coefficient (Wildman–Crippen LogP) is 4.58. The Bertz CT molecular complexity index is 871. The maximum atomic E-state index is 6.70. The van der Waals surface area contributed by atoms with Crippen molar-refractivity contribution < 1.29 is 4.74 Å². The Balaban J connectivity index is 0.00000181. The van der Waals surface area contributed by atoms with Gasteiger partial charge in [0.25, 0.3) is 0 Å². The van der Waals surface area contributed by atoms with Crippen LogP contribution in [0.25, 0.3) is 0 Å². The number of hydrogen-bond donors (Lipinski definition) is 1. The number of nitrogens with two attached hydrogens (primary N) is 1. The second-order valence-electron chi connectivity index (χ2n) is 8.85. The molecule has 3 aliphatic heterocycles. The van der Waals surface area contributed by atoms with Crippen LogP contribution in [0.4, 0.5) is 5.82 Å². The van der Waals surface area contributed by atoms with E-state index in [4.69, 9.17) is 15.5 Å². The molecular weight excluding hydrogens is 380 g/mol. The summed E-state index contributed by atoms with van der Waals surface area (Å²) in [6, 6.07) is 9.09. The fourth-order valence-corrected chi connectivity index (χ4v) is 6.35. The normalized spacial score (nSPS) is 32.0. The molecule has 1 unspecified atom stereocenters. The van der Waals surface area contributed by atoms with Gasteiger partial charge in [0.05, 0.1) is 18.4 Å². The van der Waals surface area contributed by atoms with Crippen LogP contribution in [0.3, 0.4) is 0 Å². The van der Waals surface area contributed by atoms with E-state index in [2.05, 4.69) is 28.1 Å². The first-order valence-corrected chi connectivity index (χ1v) is 11.5. The number of aromatic nitrogens is 2. The van der Waals surface area contributed by atoms with Crippen LogP contribution in [-0.4, -0.2) is 33.4 Å². The van der Waals surface area contributed by atoms with E-state index in [-0.39, 0.29) is 19.1 Å². The average Bonchev–Trinajstić information content (AvgIpc) is 3.46. The van der Waals surface area contributed by atoms with Crippen LogP contribution in [0.1, 0.15) is 57.6 Å². The molecule has 1 aliphatic carbocycles. The molecule has 29 heavy (non-hydrogen) atoms. The summed E-state index contributed by atoms with van der Waals surface area (Å²) in [5, 5.41) is 1.05. The van der Waals surface area contributed by atoms with Crippen molar-refractivity contribution in [3.8, 4) is 5.75 Å². The first-order chi connectivity index (χ1) is 13.7. The lowest BCUT2D eigenvalue weighted by molar-refractivity contribution is 0.0272. The molecule has 4 aliphatic rings. The summed E-state index contributed by atoms with van der Waals surface area (Å²) in [5.41, 5.74) is 7.60. The van der Waals surface area contributed by atoms with Gasteiger partial charge in [0, 0.05) is 36.2 Å². The second kappa shape index (κ2) is 7.17. The minimum Gasteiger partial charge on any atom is -0.485 e. The third-order valence-corrected chi connectivity index (χ3v) is 8.10. The quantitative estimate of drug-likeness (QED) is 0.745. The van der Waals surface area contributed by atoms with Crippen LogP contribution in [0.5, 0.6) is 5.75 Å². The largest absolute Gasteiger partial charge is 0.485 e. The van der Waals surface area contributed by atoms with E-state index < -0.39 is 0 Å². The number of para-hydroxylation sites is 1. The van der Waals surface area contributed by atoms with Crippen molar-refractivity contribution in [1.29, 1.82) is 0 Å². The molecule has 4 atom stereocenters. The Kier molecular flexibility index (Phi) is 4.74. The van der Waals surface area contributed by atoms with Gasteiger partial charge in [-0.05, 0) is 37.7 Å². The molecule has 0 radical (unpaired) electrons. The van der Waals surface area contributed by atoms with Gasteiger partial charge in [0.15, 0.2) is 0 Å². The maximum absolute atomic E-state index is 6.70. The molecule has 6 rings (SSSR count). The van der Waals surface area contributed by atoms with E-state index in [9.17, 15) is 0 Å². The van der Waals surface area contributed by atoms with Crippen molar-refractivity contribution in [2.24, 2.45) is 11.7 Å². The van der Waals surface area contributed by atoms with Gasteiger partial charge in [-0.1, -0.05) is 25.6 Å². The van der Waals surface area contributed by atoms with Crippen molar-refractivity contribution in [2.75, 3.05) is 10.7 Å².